The average molecular weight is 324 g/mol. The van der Waals surface area contributed by atoms with Gasteiger partial charge in [-0.05, 0) is 43.5 Å². The SMILES string of the molecule is CC(C)NC(=O)C1CCN(C(=O)c2cccc3ccccc23)CC1. The van der Waals surface area contributed by atoms with Crippen molar-refractivity contribution in [3.8, 4) is 0 Å². The molecule has 24 heavy (non-hydrogen) atoms. The van der Waals surface area contributed by atoms with Gasteiger partial charge in [-0.3, -0.25) is 9.59 Å². The van der Waals surface area contributed by atoms with Crippen LogP contribution in [-0.4, -0.2) is 35.8 Å². The molecule has 1 fully saturated rings. The summed E-state index contributed by atoms with van der Waals surface area (Å²) in [6.45, 7) is 5.21. The highest BCUT2D eigenvalue weighted by Crippen LogP contribution is 2.23. The maximum absolute atomic E-state index is 12.9. The first-order valence-corrected chi connectivity index (χ1v) is 8.63. The Morgan fingerprint density at radius 3 is 2.42 bits per heavy atom. The zero-order valence-corrected chi connectivity index (χ0v) is 14.3. The summed E-state index contributed by atoms with van der Waals surface area (Å²) >= 11 is 0. The zero-order valence-electron chi connectivity index (χ0n) is 14.3. The number of hydrogen-bond acceptors (Lipinski definition) is 2. The van der Waals surface area contributed by atoms with Gasteiger partial charge in [0.2, 0.25) is 5.91 Å². The van der Waals surface area contributed by atoms with E-state index in [2.05, 4.69) is 5.32 Å². The van der Waals surface area contributed by atoms with Crippen molar-refractivity contribution in [1.29, 1.82) is 0 Å². The minimum atomic E-state index is 0.0176. The normalized spacial score (nSPS) is 15.7. The Morgan fingerprint density at radius 2 is 1.71 bits per heavy atom. The minimum Gasteiger partial charge on any atom is -0.354 e. The van der Waals surface area contributed by atoms with Gasteiger partial charge in [0, 0.05) is 30.6 Å². The number of nitrogens with zero attached hydrogens (tertiary/aromatic N) is 1. The summed E-state index contributed by atoms with van der Waals surface area (Å²) in [6.07, 6.45) is 1.46. The van der Waals surface area contributed by atoms with Crippen LogP contribution >= 0.6 is 0 Å². The number of rotatable bonds is 3. The van der Waals surface area contributed by atoms with Crippen molar-refractivity contribution in [2.45, 2.75) is 32.7 Å². The van der Waals surface area contributed by atoms with E-state index in [1.165, 1.54) is 0 Å². The molecule has 3 rings (SSSR count). The molecule has 126 valence electrons. The molecule has 0 aliphatic carbocycles. The van der Waals surface area contributed by atoms with Crippen LogP contribution in [0.25, 0.3) is 10.8 Å². The van der Waals surface area contributed by atoms with Crippen LogP contribution in [0.1, 0.15) is 37.0 Å². The summed E-state index contributed by atoms with van der Waals surface area (Å²) < 4.78 is 0. The van der Waals surface area contributed by atoms with Crippen molar-refractivity contribution < 1.29 is 9.59 Å². The molecular formula is C20H24N2O2. The standard InChI is InChI=1S/C20H24N2O2/c1-14(2)21-19(23)16-10-12-22(13-11-16)20(24)18-9-5-7-15-6-3-4-8-17(15)18/h3-9,14,16H,10-13H2,1-2H3,(H,21,23). The van der Waals surface area contributed by atoms with Crippen molar-refractivity contribution in [3.63, 3.8) is 0 Å². The van der Waals surface area contributed by atoms with Crippen molar-refractivity contribution in [2.75, 3.05) is 13.1 Å². The molecule has 2 aromatic rings. The van der Waals surface area contributed by atoms with E-state index in [-0.39, 0.29) is 23.8 Å². The summed E-state index contributed by atoms with van der Waals surface area (Å²) in [5, 5.41) is 5.04. The van der Waals surface area contributed by atoms with E-state index in [1.807, 2.05) is 61.2 Å². The van der Waals surface area contributed by atoms with Crippen LogP contribution in [0, 0.1) is 5.92 Å². The van der Waals surface area contributed by atoms with Gasteiger partial charge in [-0.15, -0.1) is 0 Å². The Morgan fingerprint density at radius 1 is 1.04 bits per heavy atom. The average Bonchev–Trinajstić information content (AvgIpc) is 2.60. The third-order valence-corrected chi connectivity index (χ3v) is 4.60. The number of nitrogens with one attached hydrogen (secondary N) is 1. The highest BCUT2D eigenvalue weighted by Gasteiger charge is 2.28. The van der Waals surface area contributed by atoms with Crippen molar-refractivity contribution in [1.82, 2.24) is 10.2 Å². The van der Waals surface area contributed by atoms with Crippen molar-refractivity contribution in [2.24, 2.45) is 5.92 Å². The van der Waals surface area contributed by atoms with Crippen LogP contribution in [0.5, 0.6) is 0 Å². The first-order valence-electron chi connectivity index (χ1n) is 8.63. The lowest BCUT2D eigenvalue weighted by Gasteiger charge is -2.32. The topological polar surface area (TPSA) is 49.4 Å². The van der Waals surface area contributed by atoms with Crippen LogP contribution in [0.3, 0.4) is 0 Å². The fourth-order valence-corrected chi connectivity index (χ4v) is 3.33. The highest BCUT2D eigenvalue weighted by molar-refractivity contribution is 6.07. The Kier molecular flexibility index (Phi) is 4.84. The molecule has 0 atom stereocenters. The van der Waals surface area contributed by atoms with Gasteiger partial charge in [-0.25, -0.2) is 0 Å². The molecule has 1 heterocycles. The largest absolute Gasteiger partial charge is 0.354 e. The van der Waals surface area contributed by atoms with Crippen LogP contribution < -0.4 is 5.32 Å². The van der Waals surface area contributed by atoms with Gasteiger partial charge < -0.3 is 10.2 Å². The van der Waals surface area contributed by atoms with Gasteiger partial charge in [0.1, 0.15) is 0 Å². The van der Waals surface area contributed by atoms with Gasteiger partial charge in [-0.2, -0.15) is 0 Å². The van der Waals surface area contributed by atoms with Crippen molar-refractivity contribution in [3.05, 3.63) is 48.0 Å². The van der Waals surface area contributed by atoms with E-state index in [0.717, 1.165) is 29.2 Å². The van der Waals surface area contributed by atoms with Gasteiger partial charge in [-0.1, -0.05) is 36.4 Å². The lowest BCUT2D eigenvalue weighted by Crippen LogP contribution is -2.44. The second-order valence-corrected chi connectivity index (χ2v) is 6.76. The van der Waals surface area contributed by atoms with Gasteiger partial charge in [0.15, 0.2) is 0 Å². The minimum absolute atomic E-state index is 0.0176. The highest BCUT2D eigenvalue weighted by atomic mass is 16.2. The van der Waals surface area contributed by atoms with E-state index in [1.54, 1.807) is 0 Å². The van der Waals surface area contributed by atoms with Crippen LogP contribution in [-0.2, 0) is 4.79 Å². The molecule has 0 saturated carbocycles. The molecule has 0 radical (unpaired) electrons. The quantitative estimate of drug-likeness (QED) is 0.942. The molecule has 0 spiro atoms. The number of piperidine rings is 1. The molecule has 0 bridgehead atoms. The van der Waals surface area contributed by atoms with E-state index < -0.39 is 0 Å². The second kappa shape index (κ2) is 7.04. The van der Waals surface area contributed by atoms with E-state index in [0.29, 0.717) is 13.1 Å². The molecule has 1 aliphatic rings. The molecule has 4 nitrogen and oxygen atoms in total. The van der Waals surface area contributed by atoms with E-state index >= 15 is 0 Å². The number of benzene rings is 2. The zero-order chi connectivity index (χ0) is 17.1. The molecule has 2 amide bonds. The van der Waals surface area contributed by atoms with Crippen LogP contribution in [0.15, 0.2) is 42.5 Å². The summed E-state index contributed by atoms with van der Waals surface area (Å²) in [4.78, 5) is 26.9. The molecule has 1 saturated heterocycles. The van der Waals surface area contributed by atoms with Crippen LogP contribution in [0.2, 0.25) is 0 Å². The van der Waals surface area contributed by atoms with Crippen LogP contribution in [0.4, 0.5) is 0 Å². The smallest absolute Gasteiger partial charge is 0.254 e. The molecule has 0 aromatic heterocycles. The third kappa shape index (κ3) is 3.42. The third-order valence-electron chi connectivity index (χ3n) is 4.60. The van der Waals surface area contributed by atoms with E-state index in [4.69, 9.17) is 0 Å². The Balaban J connectivity index is 1.70. The summed E-state index contributed by atoms with van der Waals surface area (Å²) in [5.41, 5.74) is 0.748. The Labute approximate surface area is 142 Å². The summed E-state index contributed by atoms with van der Waals surface area (Å²) in [5.74, 6) is 0.195. The molecule has 0 unspecified atom stereocenters. The summed E-state index contributed by atoms with van der Waals surface area (Å²) in [7, 11) is 0. The van der Waals surface area contributed by atoms with Gasteiger partial charge in [0.05, 0.1) is 0 Å². The molecule has 2 aromatic carbocycles. The lowest BCUT2D eigenvalue weighted by molar-refractivity contribution is -0.126. The van der Waals surface area contributed by atoms with Crippen molar-refractivity contribution >= 4 is 22.6 Å². The predicted molar refractivity (Wildman–Crippen MR) is 95.9 cm³/mol. The number of likely N-dealkylation sites (tertiary alicyclic amines) is 1. The number of fused-ring (bicyclic) bond motifs is 1. The predicted octanol–water partition coefficient (Wildman–Crippen LogP) is 3.22. The maximum Gasteiger partial charge on any atom is 0.254 e. The first-order chi connectivity index (χ1) is 11.6. The fourth-order valence-electron chi connectivity index (χ4n) is 3.33. The molecular weight excluding hydrogens is 300 g/mol. The lowest BCUT2D eigenvalue weighted by atomic mass is 9.94. The molecule has 1 N–H and O–H groups in total. The fraction of sp³-hybridized carbons (Fsp3) is 0.400. The first kappa shape index (κ1) is 16.5. The molecule has 4 heteroatoms. The molecule has 1 aliphatic heterocycles. The van der Waals surface area contributed by atoms with Gasteiger partial charge >= 0.3 is 0 Å². The number of hydrogen-bond donors (Lipinski definition) is 1. The summed E-state index contributed by atoms with van der Waals surface area (Å²) in [6, 6.07) is 14.0. The Bertz CT molecular complexity index is 741. The number of carbonyl (C=O) groups is 2. The second-order valence-electron chi connectivity index (χ2n) is 6.76. The maximum atomic E-state index is 12.9. The number of amides is 2. The number of carbonyl (C=O) groups excluding carboxylic acids is 2. The van der Waals surface area contributed by atoms with E-state index in [9.17, 15) is 9.59 Å². The monoisotopic (exact) mass is 324 g/mol. The Hall–Kier alpha value is -2.36. The van der Waals surface area contributed by atoms with Gasteiger partial charge in [0.25, 0.3) is 5.91 Å².